The predicted octanol–water partition coefficient (Wildman–Crippen LogP) is 5.99. The Labute approximate surface area is 135 Å². The molecule has 1 aromatic heterocycles. The van der Waals surface area contributed by atoms with Crippen LogP contribution in [0.5, 0.6) is 0 Å². The van der Waals surface area contributed by atoms with Gasteiger partial charge < -0.3 is 0 Å². The Morgan fingerprint density at radius 3 is 2.11 bits per heavy atom. The molecule has 2 aromatic rings. The zero-order chi connectivity index (χ0) is 14.2. The Morgan fingerprint density at radius 1 is 1.05 bits per heavy atom. The standard InChI is InChI=1S/C13H10BrCl3N2/c1-6(2)10-11(16)18-13(19-12(10)17)8-4-3-7(15)5-9(8)14/h3-6H,1-2H3. The maximum Gasteiger partial charge on any atom is 0.163 e. The molecule has 2 nitrogen and oxygen atoms in total. The summed E-state index contributed by atoms with van der Waals surface area (Å²) in [5.74, 6) is 0.644. The summed E-state index contributed by atoms with van der Waals surface area (Å²) in [6.07, 6.45) is 0. The molecule has 0 unspecified atom stereocenters. The van der Waals surface area contributed by atoms with E-state index in [9.17, 15) is 0 Å². The third kappa shape index (κ3) is 3.22. The van der Waals surface area contributed by atoms with Crippen molar-refractivity contribution in [3.63, 3.8) is 0 Å². The molecule has 1 heterocycles. The Bertz CT molecular complexity index is 606. The lowest BCUT2D eigenvalue weighted by Crippen LogP contribution is -1.99. The van der Waals surface area contributed by atoms with Crippen molar-refractivity contribution in [2.45, 2.75) is 19.8 Å². The third-order valence-corrected chi connectivity index (χ3v) is 4.07. The minimum Gasteiger partial charge on any atom is -0.216 e. The largest absolute Gasteiger partial charge is 0.216 e. The first-order valence-corrected chi connectivity index (χ1v) is 7.51. The van der Waals surface area contributed by atoms with Crippen molar-refractivity contribution >= 4 is 50.7 Å². The molecule has 100 valence electrons. The van der Waals surface area contributed by atoms with E-state index >= 15 is 0 Å². The Hall–Kier alpha value is -0.350. The summed E-state index contributed by atoms with van der Waals surface area (Å²) in [7, 11) is 0. The highest BCUT2D eigenvalue weighted by Gasteiger charge is 2.16. The summed E-state index contributed by atoms with van der Waals surface area (Å²) >= 11 is 21.7. The molecule has 0 amide bonds. The van der Waals surface area contributed by atoms with E-state index in [0.717, 1.165) is 15.6 Å². The highest BCUT2D eigenvalue weighted by molar-refractivity contribution is 9.10. The fourth-order valence-electron chi connectivity index (χ4n) is 1.68. The number of rotatable bonds is 2. The molecular formula is C13H10BrCl3N2. The van der Waals surface area contributed by atoms with Crippen molar-refractivity contribution in [2.24, 2.45) is 0 Å². The summed E-state index contributed by atoms with van der Waals surface area (Å²) < 4.78 is 0.796. The first-order valence-electron chi connectivity index (χ1n) is 5.58. The molecule has 19 heavy (non-hydrogen) atoms. The van der Waals surface area contributed by atoms with Gasteiger partial charge in [-0.3, -0.25) is 0 Å². The van der Waals surface area contributed by atoms with E-state index in [1.165, 1.54) is 0 Å². The van der Waals surface area contributed by atoms with Crippen LogP contribution in [0.2, 0.25) is 15.3 Å². The van der Waals surface area contributed by atoms with E-state index in [0.29, 0.717) is 21.2 Å². The van der Waals surface area contributed by atoms with Crippen LogP contribution in [0.1, 0.15) is 25.3 Å². The summed E-state index contributed by atoms with van der Waals surface area (Å²) in [5, 5.41) is 1.39. The van der Waals surface area contributed by atoms with Gasteiger partial charge in [-0.25, -0.2) is 9.97 Å². The average molecular weight is 380 g/mol. The van der Waals surface area contributed by atoms with Crippen LogP contribution in [-0.2, 0) is 0 Å². The minimum absolute atomic E-state index is 0.169. The van der Waals surface area contributed by atoms with Gasteiger partial charge in [0, 0.05) is 20.6 Å². The van der Waals surface area contributed by atoms with Gasteiger partial charge in [0.1, 0.15) is 10.3 Å². The predicted molar refractivity (Wildman–Crippen MR) is 84.3 cm³/mol. The van der Waals surface area contributed by atoms with Crippen LogP contribution in [0.15, 0.2) is 22.7 Å². The van der Waals surface area contributed by atoms with Gasteiger partial charge in [0.25, 0.3) is 0 Å². The second-order valence-corrected chi connectivity index (χ2v) is 6.33. The van der Waals surface area contributed by atoms with E-state index < -0.39 is 0 Å². The highest BCUT2D eigenvalue weighted by atomic mass is 79.9. The van der Waals surface area contributed by atoms with E-state index in [1.54, 1.807) is 12.1 Å². The second-order valence-electron chi connectivity index (χ2n) is 4.32. The number of halogens is 4. The maximum atomic E-state index is 6.19. The lowest BCUT2D eigenvalue weighted by Gasteiger charge is -2.11. The molecule has 0 atom stereocenters. The molecule has 0 saturated carbocycles. The van der Waals surface area contributed by atoms with Gasteiger partial charge in [0.15, 0.2) is 5.82 Å². The number of nitrogens with zero attached hydrogens (tertiary/aromatic N) is 2. The van der Waals surface area contributed by atoms with E-state index in [2.05, 4.69) is 25.9 Å². The van der Waals surface area contributed by atoms with Gasteiger partial charge in [0.05, 0.1) is 0 Å². The van der Waals surface area contributed by atoms with Crippen LogP contribution in [0.25, 0.3) is 11.4 Å². The van der Waals surface area contributed by atoms with Crippen molar-refractivity contribution in [1.29, 1.82) is 0 Å². The molecule has 1 aromatic carbocycles. The maximum absolute atomic E-state index is 6.19. The molecule has 0 bridgehead atoms. The lowest BCUT2D eigenvalue weighted by molar-refractivity contribution is 0.848. The van der Waals surface area contributed by atoms with Crippen LogP contribution in [0, 0.1) is 0 Å². The molecule has 0 spiro atoms. The molecule has 0 radical (unpaired) electrons. The number of aromatic nitrogens is 2. The molecule has 0 saturated heterocycles. The fraction of sp³-hybridized carbons (Fsp3) is 0.231. The van der Waals surface area contributed by atoms with Gasteiger partial charge in [-0.1, -0.05) is 48.7 Å². The van der Waals surface area contributed by atoms with Gasteiger partial charge in [0.2, 0.25) is 0 Å². The van der Waals surface area contributed by atoms with Crippen molar-refractivity contribution in [1.82, 2.24) is 9.97 Å². The molecule has 0 aliphatic carbocycles. The molecule has 0 aliphatic rings. The van der Waals surface area contributed by atoms with Gasteiger partial charge >= 0.3 is 0 Å². The molecule has 0 fully saturated rings. The van der Waals surface area contributed by atoms with E-state index in [1.807, 2.05) is 19.9 Å². The smallest absolute Gasteiger partial charge is 0.163 e. The van der Waals surface area contributed by atoms with Crippen LogP contribution < -0.4 is 0 Å². The van der Waals surface area contributed by atoms with Crippen molar-refractivity contribution < 1.29 is 0 Å². The Morgan fingerprint density at radius 2 is 1.63 bits per heavy atom. The molecular weight excluding hydrogens is 370 g/mol. The number of benzene rings is 1. The molecule has 0 N–H and O–H groups in total. The first kappa shape index (κ1) is 15.0. The SMILES string of the molecule is CC(C)c1c(Cl)nc(-c2ccc(Cl)cc2Br)nc1Cl. The third-order valence-electron chi connectivity index (χ3n) is 2.60. The number of hydrogen-bond acceptors (Lipinski definition) is 2. The van der Waals surface area contributed by atoms with Crippen molar-refractivity contribution in [3.8, 4) is 11.4 Å². The lowest BCUT2D eigenvalue weighted by atomic mass is 10.1. The van der Waals surface area contributed by atoms with Crippen molar-refractivity contribution in [3.05, 3.63) is 43.6 Å². The van der Waals surface area contributed by atoms with Crippen LogP contribution >= 0.6 is 50.7 Å². The number of hydrogen-bond donors (Lipinski definition) is 0. The Balaban J connectivity index is 2.58. The topological polar surface area (TPSA) is 25.8 Å². The summed E-state index contributed by atoms with van der Waals surface area (Å²) in [6.45, 7) is 3.99. The van der Waals surface area contributed by atoms with Crippen LogP contribution in [0.4, 0.5) is 0 Å². The fourth-order valence-corrected chi connectivity index (χ4v) is 3.37. The van der Waals surface area contributed by atoms with Crippen molar-refractivity contribution in [2.75, 3.05) is 0 Å². The average Bonchev–Trinajstić information content (AvgIpc) is 2.26. The normalized spacial score (nSPS) is 11.1. The monoisotopic (exact) mass is 378 g/mol. The Kier molecular flexibility index (Phi) is 4.72. The van der Waals surface area contributed by atoms with Crippen LogP contribution in [0.3, 0.4) is 0 Å². The minimum atomic E-state index is 0.169. The first-order chi connectivity index (χ1) is 8.90. The summed E-state index contributed by atoms with van der Waals surface area (Å²) in [4.78, 5) is 8.63. The van der Waals surface area contributed by atoms with Gasteiger partial charge in [-0.15, -0.1) is 0 Å². The van der Waals surface area contributed by atoms with E-state index in [4.69, 9.17) is 34.8 Å². The zero-order valence-corrected chi connectivity index (χ0v) is 14.1. The van der Waals surface area contributed by atoms with Gasteiger partial charge in [-0.2, -0.15) is 0 Å². The quantitative estimate of drug-likeness (QED) is 0.598. The summed E-state index contributed by atoms with van der Waals surface area (Å²) in [5.41, 5.74) is 1.56. The van der Waals surface area contributed by atoms with E-state index in [-0.39, 0.29) is 5.92 Å². The summed E-state index contributed by atoms with van der Waals surface area (Å²) in [6, 6.07) is 5.37. The molecule has 6 heteroatoms. The molecule has 2 rings (SSSR count). The zero-order valence-electron chi connectivity index (χ0n) is 10.2. The van der Waals surface area contributed by atoms with Crippen LogP contribution in [-0.4, -0.2) is 9.97 Å². The highest BCUT2D eigenvalue weighted by Crippen LogP contribution is 2.34. The second kappa shape index (κ2) is 5.96. The molecule has 0 aliphatic heterocycles. The van der Waals surface area contributed by atoms with Gasteiger partial charge in [-0.05, 0) is 40.0 Å².